The molecule has 1 aliphatic carbocycles. The zero-order valence-corrected chi connectivity index (χ0v) is 14.7. The highest BCUT2D eigenvalue weighted by atomic mass is 32.2. The maximum absolute atomic E-state index is 12.3. The van der Waals surface area contributed by atoms with Crippen LogP contribution >= 0.6 is 0 Å². The normalized spacial score (nSPS) is 13.3. The summed E-state index contributed by atoms with van der Waals surface area (Å²) in [6.07, 6.45) is 2.91. The molecule has 0 aliphatic heterocycles. The Balaban J connectivity index is 1.57. The first-order chi connectivity index (χ1) is 12.0. The molecule has 132 valence electrons. The van der Waals surface area contributed by atoms with E-state index in [1.54, 1.807) is 24.3 Å². The summed E-state index contributed by atoms with van der Waals surface area (Å²) in [4.78, 5) is 14.1. The SMILES string of the molecule is Cc1ccccc1OCC(=O)NNS(=O)(=O)c1ccc2c(c1)CCC2. The van der Waals surface area contributed by atoms with Gasteiger partial charge in [-0.05, 0) is 61.1 Å². The van der Waals surface area contributed by atoms with Gasteiger partial charge in [-0.3, -0.25) is 10.2 Å². The Labute approximate surface area is 147 Å². The van der Waals surface area contributed by atoms with Gasteiger partial charge in [0.1, 0.15) is 5.75 Å². The van der Waals surface area contributed by atoms with Crippen molar-refractivity contribution < 1.29 is 17.9 Å². The minimum Gasteiger partial charge on any atom is -0.483 e. The van der Waals surface area contributed by atoms with Crippen molar-refractivity contribution in [3.63, 3.8) is 0 Å². The zero-order valence-electron chi connectivity index (χ0n) is 13.9. The summed E-state index contributed by atoms with van der Waals surface area (Å²) in [6, 6.07) is 12.3. The first kappa shape index (κ1) is 17.4. The van der Waals surface area contributed by atoms with Crippen LogP contribution in [0.25, 0.3) is 0 Å². The molecule has 0 aromatic heterocycles. The summed E-state index contributed by atoms with van der Waals surface area (Å²) < 4.78 is 30.0. The molecule has 7 heteroatoms. The number of carbonyl (C=O) groups is 1. The van der Waals surface area contributed by atoms with E-state index in [0.29, 0.717) is 5.75 Å². The van der Waals surface area contributed by atoms with E-state index < -0.39 is 15.9 Å². The number of fused-ring (bicyclic) bond motifs is 1. The van der Waals surface area contributed by atoms with Gasteiger partial charge in [0, 0.05) is 0 Å². The number of nitrogens with one attached hydrogen (secondary N) is 2. The maximum atomic E-state index is 12.3. The molecule has 0 heterocycles. The van der Waals surface area contributed by atoms with Crippen molar-refractivity contribution in [1.29, 1.82) is 0 Å². The van der Waals surface area contributed by atoms with Crippen molar-refractivity contribution >= 4 is 15.9 Å². The van der Waals surface area contributed by atoms with E-state index in [0.717, 1.165) is 30.4 Å². The number of rotatable bonds is 6. The highest BCUT2D eigenvalue weighted by molar-refractivity contribution is 7.89. The molecule has 6 nitrogen and oxygen atoms in total. The fourth-order valence-corrected chi connectivity index (χ4v) is 3.71. The number of ether oxygens (including phenoxy) is 1. The zero-order chi connectivity index (χ0) is 17.9. The van der Waals surface area contributed by atoms with E-state index in [9.17, 15) is 13.2 Å². The Morgan fingerprint density at radius 3 is 2.68 bits per heavy atom. The van der Waals surface area contributed by atoms with Crippen LogP contribution in [0.1, 0.15) is 23.1 Å². The van der Waals surface area contributed by atoms with E-state index in [4.69, 9.17) is 4.74 Å². The van der Waals surface area contributed by atoms with E-state index >= 15 is 0 Å². The Morgan fingerprint density at radius 1 is 1.12 bits per heavy atom. The lowest BCUT2D eigenvalue weighted by atomic mass is 10.1. The lowest BCUT2D eigenvalue weighted by Gasteiger charge is -2.11. The van der Waals surface area contributed by atoms with E-state index in [1.165, 1.54) is 5.56 Å². The van der Waals surface area contributed by atoms with Crippen molar-refractivity contribution in [2.45, 2.75) is 31.1 Å². The van der Waals surface area contributed by atoms with Crippen LogP contribution < -0.4 is 15.0 Å². The fourth-order valence-electron chi connectivity index (χ4n) is 2.80. The Kier molecular flexibility index (Phi) is 5.06. The predicted octanol–water partition coefficient (Wildman–Crippen LogP) is 1.87. The minimum atomic E-state index is -3.81. The van der Waals surface area contributed by atoms with Crippen LogP contribution in [0, 0.1) is 6.92 Å². The van der Waals surface area contributed by atoms with Gasteiger partial charge in [0.05, 0.1) is 4.90 Å². The Hall–Kier alpha value is -2.38. The summed E-state index contributed by atoms with van der Waals surface area (Å²) in [6.45, 7) is 1.58. The van der Waals surface area contributed by atoms with Crippen molar-refractivity contribution in [1.82, 2.24) is 10.3 Å². The van der Waals surface area contributed by atoms with Gasteiger partial charge in [0.15, 0.2) is 6.61 Å². The number of carbonyl (C=O) groups excluding carboxylic acids is 1. The van der Waals surface area contributed by atoms with Crippen LogP contribution in [0.15, 0.2) is 47.4 Å². The van der Waals surface area contributed by atoms with Gasteiger partial charge in [-0.1, -0.05) is 24.3 Å². The molecule has 0 atom stereocenters. The topological polar surface area (TPSA) is 84.5 Å². The second kappa shape index (κ2) is 7.25. The van der Waals surface area contributed by atoms with Crippen LogP contribution in [-0.2, 0) is 27.7 Å². The summed E-state index contributed by atoms with van der Waals surface area (Å²) in [5, 5.41) is 0. The number of hydrogen-bond donors (Lipinski definition) is 2. The summed E-state index contributed by atoms with van der Waals surface area (Å²) in [5.74, 6) is 0.00659. The smallest absolute Gasteiger partial charge is 0.272 e. The van der Waals surface area contributed by atoms with Gasteiger partial charge in [0.2, 0.25) is 0 Å². The van der Waals surface area contributed by atoms with Gasteiger partial charge in [-0.25, -0.2) is 8.42 Å². The molecule has 1 amide bonds. The summed E-state index contributed by atoms with van der Waals surface area (Å²) in [5.41, 5.74) is 5.32. The summed E-state index contributed by atoms with van der Waals surface area (Å²) in [7, 11) is -3.81. The number of sulfonamides is 1. The second-order valence-corrected chi connectivity index (χ2v) is 7.67. The third kappa shape index (κ3) is 4.18. The maximum Gasteiger partial charge on any atom is 0.272 e. The first-order valence-electron chi connectivity index (χ1n) is 8.06. The molecular formula is C18H20N2O4S. The number of para-hydroxylation sites is 1. The summed E-state index contributed by atoms with van der Waals surface area (Å²) >= 11 is 0. The number of aryl methyl sites for hydroxylation is 3. The molecule has 2 aromatic carbocycles. The molecular weight excluding hydrogens is 340 g/mol. The lowest BCUT2D eigenvalue weighted by molar-refractivity contribution is -0.123. The fraction of sp³-hybridized carbons (Fsp3) is 0.278. The van der Waals surface area contributed by atoms with Crippen LogP contribution in [0.5, 0.6) is 5.75 Å². The standard InChI is InChI=1S/C18H20N2O4S/c1-13-5-2-3-8-17(13)24-12-18(21)19-20-25(22,23)16-10-9-14-6-4-7-15(14)11-16/h2-3,5,8-11,20H,4,6-7,12H2,1H3,(H,19,21). The average Bonchev–Trinajstić information content (AvgIpc) is 3.07. The van der Waals surface area contributed by atoms with Gasteiger partial charge >= 0.3 is 0 Å². The minimum absolute atomic E-state index is 0.147. The van der Waals surface area contributed by atoms with Crippen LogP contribution in [-0.4, -0.2) is 20.9 Å². The highest BCUT2D eigenvalue weighted by Gasteiger charge is 2.19. The van der Waals surface area contributed by atoms with Crippen LogP contribution in [0.3, 0.4) is 0 Å². The quantitative estimate of drug-likeness (QED) is 0.770. The number of amides is 1. The third-order valence-corrected chi connectivity index (χ3v) is 5.40. The lowest BCUT2D eigenvalue weighted by Crippen LogP contribution is -2.43. The molecule has 3 rings (SSSR count). The van der Waals surface area contributed by atoms with Crippen LogP contribution in [0.4, 0.5) is 0 Å². The third-order valence-electron chi connectivity index (χ3n) is 4.16. The molecule has 0 spiro atoms. The van der Waals surface area contributed by atoms with Crippen LogP contribution in [0.2, 0.25) is 0 Å². The highest BCUT2D eigenvalue weighted by Crippen LogP contribution is 2.24. The molecule has 2 aromatic rings. The van der Waals surface area contributed by atoms with Crippen molar-refractivity contribution in [2.75, 3.05) is 6.61 Å². The molecule has 0 radical (unpaired) electrons. The molecule has 0 fully saturated rings. The van der Waals surface area contributed by atoms with Crippen molar-refractivity contribution in [2.24, 2.45) is 0 Å². The van der Waals surface area contributed by atoms with E-state index in [1.807, 2.05) is 25.1 Å². The number of hydrazine groups is 1. The number of hydrogen-bond acceptors (Lipinski definition) is 4. The first-order valence-corrected chi connectivity index (χ1v) is 9.55. The largest absolute Gasteiger partial charge is 0.483 e. The average molecular weight is 360 g/mol. The van der Waals surface area contributed by atoms with Gasteiger partial charge in [0.25, 0.3) is 15.9 Å². The van der Waals surface area contributed by atoms with Gasteiger partial charge in [-0.15, -0.1) is 4.83 Å². The second-order valence-electron chi connectivity index (χ2n) is 5.99. The molecule has 2 N–H and O–H groups in total. The molecule has 0 unspecified atom stereocenters. The van der Waals surface area contributed by atoms with Gasteiger partial charge < -0.3 is 4.74 Å². The van der Waals surface area contributed by atoms with E-state index in [-0.39, 0.29) is 11.5 Å². The predicted molar refractivity (Wildman–Crippen MR) is 93.6 cm³/mol. The molecule has 0 bridgehead atoms. The van der Waals surface area contributed by atoms with Crippen molar-refractivity contribution in [3.05, 3.63) is 59.2 Å². The molecule has 0 saturated heterocycles. The molecule has 25 heavy (non-hydrogen) atoms. The Morgan fingerprint density at radius 2 is 1.88 bits per heavy atom. The molecule has 1 aliphatic rings. The van der Waals surface area contributed by atoms with Crippen molar-refractivity contribution in [3.8, 4) is 5.75 Å². The molecule has 0 saturated carbocycles. The van der Waals surface area contributed by atoms with Gasteiger partial charge in [-0.2, -0.15) is 0 Å². The number of benzene rings is 2. The Bertz CT molecular complexity index is 894. The van der Waals surface area contributed by atoms with E-state index in [2.05, 4.69) is 10.3 Å². The monoisotopic (exact) mass is 360 g/mol.